The highest BCUT2D eigenvalue weighted by molar-refractivity contribution is 5.57. The summed E-state index contributed by atoms with van der Waals surface area (Å²) < 4.78 is 1.46. The average molecular weight is 237 g/mol. The van der Waals surface area contributed by atoms with Gasteiger partial charge in [-0.2, -0.15) is 4.98 Å². The third kappa shape index (κ3) is 1.78. The first-order valence-electron chi connectivity index (χ1n) is 5.66. The quantitative estimate of drug-likeness (QED) is 0.651. The summed E-state index contributed by atoms with van der Waals surface area (Å²) in [5.41, 5.74) is 2.15. The molecule has 0 aliphatic carbocycles. The van der Waals surface area contributed by atoms with Crippen LogP contribution in [0.15, 0.2) is 53.5 Å². The van der Waals surface area contributed by atoms with Crippen LogP contribution in [0.4, 0.5) is 0 Å². The highest BCUT2D eigenvalue weighted by atomic mass is 16.1. The molecule has 0 bridgehead atoms. The Bertz CT molecular complexity index is 763. The molecule has 0 fully saturated rings. The van der Waals surface area contributed by atoms with Crippen LogP contribution < -0.4 is 5.69 Å². The predicted octanol–water partition coefficient (Wildman–Crippen LogP) is 2.06. The Morgan fingerprint density at radius 1 is 1.00 bits per heavy atom. The van der Waals surface area contributed by atoms with E-state index in [0.717, 1.165) is 11.1 Å². The molecule has 0 saturated heterocycles. The zero-order valence-electron chi connectivity index (χ0n) is 9.87. The predicted molar refractivity (Wildman–Crippen MR) is 69.4 cm³/mol. The van der Waals surface area contributed by atoms with Crippen molar-refractivity contribution in [3.05, 3.63) is 64.7 Å². The van der Waals surface area contributed by atoms with Gasteiger partial charge in [0.05, 0.1) is 0 Å². The largest absolute Gasteiger partial charge is 0.355 e. The average Bonchev–Trinajstić information content (AvgIpc) is 2.40. The van der Waals surface area contributed by atoms with E-state index in [2.05, 4.69) is 9.97 Å². The zero-order valence-corrected chi connectivity index (χ0v) is 9.87. The first-order chi connectivity index (χ1) is 8.74. The van der Waals surface area contributed by atoms with Gasteiger partial charge in [-0.15, -0.1) is 0 Å². The summed E-state index contributed by atoms with van der Waals surface area (Å²) in [4.78, 5) is 20.3. The molecule has 2 aromatic heterocycles. The van der Waals surface area contributed by atoms with Crippen LogP contribution in [0.1, 0.15) is 5.56 Å². The monoisotopic (exact) mass is 237 g/mol. The number of fused-ring (bicyclic) bond motifs is 1. The van der Waals surface area contributed by atoms with Crippen molar-refractivity contribution in [2.24, 2.45) is 0 Å². The lowest BCUT2D eigenvalue weighted by molar-refractivity contribution is 0.941. The third-order valence-corrected chi connectivity index (χ3v) is 2.73. The zero-order chi connectivity index (χ0) is 12.5. The molecule has 0 aliphatic heterocycles. The topological polar surface area (TPSA) is 47.3 Å². The second kappa shape index (κ2) is 4.07. The first kappa shape index (κ1) is 10.7. The molecule has 0 unspecified atom stereocenters. The molecule has 3 aromatic rings. The minimum atomic E-state index is -0.303. The number of rotatable bonds is 1. The van der Waals surface area contributed by atoms with E-state index in [1.165, 1.54) is 4.40 Å². The summed E-state index contributed by atoms with van der Waals surface area (Å²) in [5.74, 6) is 0.462. The van der Waals surface area contributed by atoms with Crippen molar-refractivity contribution in [1.82, 2.24) is 14.4 Å². The molecular weight excluding hydrogens is 226 g/mol. The van der Waals surface area contributed by atoms with Gasteiger partial charge in [0.25, 0.3) is 0 Å². The Morgan fingerprint density at radius 3 is 2.56 bits per heavy atom. The number of pyridine rings is 1. The summed E-state index contributed by atoms with van der Waals surface area (Å²) in [6.07, 6.45) is 1.74. The Labute approximate surface area is 104 Å². The van der Waals surface area contributed by atoms with Crippen molar-refractivity contribution < 1.29 is 0 Å². The highest BCUT2D eigenvalue weighted by Gasteiger charge is 2.05. The van der Waals surface area contributed by atoms with E-state index in [9.17, 15) is 4.79 Å². The van der Waals surface area contributed by atoms with E-state index in [1.807, 2.05) is 49.4 Å². The van der Waals surface area contributed by atoms with Gasteiger partial charge in [0.1, 0.15) is 5.65 Å². The van der Waals surface area contributed by atoms with Crippen LogP contribution in [-0.4, -0.2) is 14.4 Å². The van der Waals surface area contributed by atoms with Crippen LogP contribution in [0.2, 0.25) is 0 Å². The Morgan fingerprint density at radius 2 is 1.78 bits per heavy atom. The molecule has 0 amide bonds. The number of aryl methyl sites for hydroxylation is 1. The van der Waals surface area contributed by atoms with E-state index in [1.54, 1.807) is 6.20 Å². The molecule has 3 rings (SSSR count). The van der Waals surface area contributed by atoms with Crippen LogP contribution >= 0.6 is 0 Å². The van der Waals surface area contributed by atoms with E-state index in [0.29, 0.717) is 11.5 Å². The van der Waals surface area contributed by atoms with Crippen molar-refractivity contribution in [2.75, 3.05) is 0 Å². The molecule has 88 valence electrons. The maximum absolute atomic E-state index is 11.9. The van der Waals surface area contributed by atoms with Gasteiger partial charge in [0.15, 0.2) is 5.82 Å². The Balaban J connectivity index is 2.29. The minimum Gasteiger partial charge on any atom is -0.251 e. The van der Waals surface area contributed by atoms with Crippen LogP contribution in [0.25, 0.3) is 17.0 Å². The normalized spacial score (nSPS) is 10.7. The Hall–Kier alpha value is -2.49. The van der Waals surface area contributed by atoms with Crippen molar-refractivity contribution in [1.29, 1.82) is 0 Å². The fourth-order valence-electron chi connectivity index (χ4n) is 1.84. The lowest BCUT2D eigenvalue weighted by Gasteiger charge is -2.03. The van der Waals surface area contributed by atoms with Gasteiger partial charge in [-0.1, -0.05) is 36.4 Å². The minimum absolute atomic E-state index is 0.303. The molecule has 18 heavy (non-hydrogen) atoms. The van der Waals surface area contributed by atoms with Crippen LogP contribution in [0.3, 0.4) is 0 Å². The van der Waals surface area contributed by atoms with Gasteiger partial charge < -0.3 is 0 Å². The SMILES string of the molecule is Cc1ccc2nc(-c3ccccc3)nc(=O)n2c1. The Kier molecular flexibility index (Phi) is 2.41. The molecular formula is C14H11N3O. The first-order valence-corrected chi connectivity index (χ1v) is 5.66. The van der Waals surface area contributed by atoms with Crippen LogP contribution in [-0.2, 0) is 0 Å². The number of hydrogen-bond donors (Lipinski definition) is 0. The van der Waals surface area contributed by atoms with Crippen molar-refractivity contribution >= 4 is 5.65 Å². The van der Waals surface area contributed by atoms with E-state index in [-0.39, 0.29) is 5.69 Å². The van der Waals surface area contributed by atoms with Gasteiger partial charge >= 0.3 is 5.69 Å². The fraction of sp³-hybridized carbons (Fsp3) is 0.0714. The molecule has 0 spiro atoms. The second-order valence-electron chi connectivity index (χ2n) is 4.13. The number of hydrogen-bond acceptors (Lipinski definition) is 3. The molecule has 0 aliphatic rings. The highest BCUT2D eigenvalue weighted by Crippen LogP contribution is 2.13. The summed E-state index contributed by atoms with van der Waals surface area (Å²) in [6, 6.07) is 13.2. The maximum atomic E-state index is 11.9. The van der Waals surface area contributed by atoms with E-state index < -0.39 is 0 Å². The number of nitrogens with zero attached hydrogens (tertiary/aromatic N) is 3. The molecule has 0 N–H and O–H groups in total. The standard InChI is InChI=1S/C14H11N3O/c1-10-7-8-12-15-13(11-5-3-2-4-6-11)16-14(18)17(12)9-10/h2-9H,1H3. The van der Waals surface area contributed by atoms with Crippen LogP contribution in [0.5, 0.6) is 0 Å². The number of benzene rings is 1. The molecule has 4 heteroatoms. The van der Waals surface area contributed by atoms with Gasteiger partial charge in [-0.05, 0) is 18.6 Å². The maximum Gasteiger partial charge on any atom is 0.355 e. The van der Waals surface area contributed by atoms with Crippen molar-refractivity contribution in [2.45, 2.75) is 6.92 Å². The van der Waals surface area contributed by atoms with Gasteiger partial charge in [-0.3, -0.25) is 4.40 Å². The lowest BCUT2D eigenvalue weighted by Crippen LogP contribution is -2.19. The molecule has 4 nitrogen and oxygen atoms in total. The van der Waals surface area contributed by atoms with E-state index >= 15 is 0 Å². The molecule has 0 atom stereocenters. The second-order valence-corrected chi connectivity index (χ2v) is 4.13. The smallest absolute Gasteiger partial charge is 0.251 e. The fourth-order valence-corrected chi connectivity index (χ4v) is 1.84. The summed E-state index contributed by atoms with van der Waals surface area (Å²) in [5, 5.41) is 0. The van der Waals surface area contributed by atoms with Crippen molar-refractivity contribution in [3.8, 4) is 11.4 Å². The van der Waals surface area contributed by atoms with Crippen LogP contribution in [0, 0.1) is 6.92 Å². The van der Waals surface area contributed by atoms with E-state index in [4.69, 9.17) is 0 Å². The molecule has 2 heterocycles. The molecule has 1 aromatic carbocycles. The summed E-state index contributed by atoms with van der Waals surface area (Å²) in [6.45, 7) is 1.93. The van der Waals surface area contributed by atoms with Gasteiger partial charge in [0.2, 0.25) is 0 Å². The molecule has 0 radical (unpaired) electrons. The van der Waals surface area contributed by atoms with Gasteiger partial charge in [-0.25, -0.2) is 9.78 Å². The number of aromatic nitrogens is 3. The molecule has 0 saturated carbocycles. The summed E-state index contributed by atoms with van der Waals surface area (Å²) >= 11 is 0. The summed E-state index contributed by atoms with van der Waals surface area (Å²) in [7, 11) is 0. The lowest BCUT2D eigenvalue weighted by atomic mass is 10.2. The third-order valence-electron chi connectivity index (χ3n) is 2.73. The van der Waals surface area contributed by atoms with Gasteiger partial charge in [0, 0.05) is 11.8 Å². The van der Waals surface area contributed by atoms with Crippen molar-refractivity contribution in [3.63, 3.8) is 0 Å².